The Morgan fingerprint density at radius 1 is 1.35 bits per heavy atom. The summed E-state index contributed by atoms with van der Waals surface area (Å²) < 4.78 is 1.88. The Morgan fingerprint density at radius 3 is 2.55 bits per heavy atom. The standard InChI is InChI=1S/C15H25N3O2/c1-4-18-12(3)14(11(2)17-18)16-13(19)10-15(20)8-6-5-7-9-15/h20H,4-10H2,1-3H3,(H,16,19). The number of rotatable bonds is 4. The minimum Gasteiger partial charge on any atom is -0.389 e. The summed E-state index contributed by atoms with van der Waals surface area (Å²) in [6.07, 6.45) is 4.82. The van der Waals surface area contributed by atoms with Crippen molar-refractivity contribution in [3.8, 4) is 0 Å². The van der Waals surface area contributed by atoms with Gasteiger partial charge in [-0.2, -0.15) is 5.10 Å². The van der Waals surface area contributed by atoms with E-state index >= 15 is 0 Å². The smallest absolute Gasteiger partial charge is 0.227 e. The third-order valence-corrected chi connectivity index (χ3v) is 4.22. The van der Waals surface area contributed by atoms with Crippen LogP contribution in [0.2, 0.25) is 0 Å². The van der Waals surface area contributed by atoms with Crippen LogP contribution in [0.1, 0.15) is 56.8 Å². The monoisotopic (exact) mass is 279 g/mol. The van der Waals surface area contributed by atoms with Crippen LogP contribution in [-0.4, -0.2) is 26.4 Å². The van der Waals surface area contributed by atoms with Crippen molar-refractivity contribution in [2.24, 2.45) is 0 Å². The Hall–Kier alpha value is -1.36. The highest BCUT2D eigenvalue weighted by atomic mass is 16.3. The van der Waals surface area contributed by atoms with E-state index in [4.69, 9.17) is 0 Å². The zero-order valence-electron chi connectivity index (χ0n) is 12.7. The van der Waals surface area contributed by atoms with E-state index in [0.29, 0.717) is 0 Å². The second kappa shape index (κ2) is 5.95. The lowest BCUT2D eigenvalue weighted by Crippen LogP contribution is -2.36. The second-order valence-corrected chi connectivity index (χ2v) is 5.87. The molecular formula is C15H25N3O2. The van der Waals surface area contributed by atoms with Crippen LogP contribution in [0.25, 0.3) is 0 Å². The number of amides is 1. The summed E-state index contributed by atoms with van der Waals surface area (Å²) >= 11 is 0. The highest BCUT2D eigenvalue weighted by molar-refractivity contribution is 5.92. The molecule has 0 radical (unpaired) electrons. The first-order valence-electron chi connectivity index (χ1n) is 7.51. The number of aliphatic hydroxyl groups is 1. The molecule has 1 amide bonds. The fraction of sp³-hybridized carbons (Fsp3) is 0.733. The van der Waals surface area contributed by atoms with E-state index in [9.17, 15) is 9.90 Å². The quantitative estimate of drug-likeness (QED) is 0.890. The molecule has 0 unspecified atom stereocenters. The van der Waals surface area contributed by atoms with Crippen LogP contribution < -0.4 is 5.32 Å². The Balaban J connectivity index is 2.03. The lowest BCUT2D eigenvalue weighted by atomic mass is 9.82. The van der Waals surface area contributed by atoms with Crippen LogP contribution in [0.3, 0.4) is 0 Å². The molecule has 20 heavy (non-hydrogen) atoms. The highest BCUT2D eigenvalue weighted by Gasteiger charge is 2.32. The van der Waals surface area contributed by atoms with Crippen molar-refractivity contribution in [2.75, 3.05) is 5.32 Å². The van der Waals surface area contributed by atoms with Gasteiger partial charge in [0.25, 0.3) is 0 Å². The molecule has 2 N–H and O–H groups in total. The van der Waals surface area contributed by atoms with Crippen molar-refractivity contribution >= 4 is 11.6 Å². The third kappa shape index (κ3) is 3.20. The fourth-order valence-corrected chi connectivity index (χ4v) is 3.05. The van der Waals surface area contributed by atoms with Gasteiger partial charge in [0.1, 0.15) is 0 Å². The minimum atomic E-state index is -0.815. The SMILES string of the molecule is CCn1nc(C)c(NC(=O)CC2(O)CCCCC2)c1C. The normalized spacial score (nSPS) is 18.0. The van der Waals surface area contributed by atoms with Gasteiger partial charge in [0.05, 0.1) is 29.1 Å². The van der Waals surface area contributed by atoms with E-state index in [1.54, 1.807) is 0 Å². The molecule has 1 aromatic rings. The molecule has 1 aliphatic rings. The third-order valence-electron chi connectivity index (χ3n) is 4.22. The Bertz CT molecular complexity index is 488. The number of nitrogens with one attached hydrogen (secondary N) is 1. The number of carbonyl (C=O) groups excluding carboxylic acids is 1. The van der Waals surface area contributed by atoms with Gasteiger partial charge in [-0.1, -0.05) is 19.3 Å². The molecule has 5 nitrogen and oxygen atoms in total. The number of hydrogen-bond donors (Lipinski definition) is 2. The van der Waals surface area contributed by atoms with Gasteiger partial charge in [-0.3, -0.25) is 9.48 Å². The molecule has 1 aliphatic carbocycles. The maximum atomic E-state index is 12.2. The van der Waals surface area contributed by atoms with E-state index in [-0.39, 0.29) is 12.3 Å². The summed E-state index contributed by atoms with van der Waals surface area (Å²) in [5.74, 6) is -0.115. The molecule has 1 saturated carbocycles. The van der Waals surface area contributed by atoms with E-state index < -0.39 is 5.60 Å². The van der Waals surface area contributed by atoms with E-state index in [1.807, 2.05) is 25.5 Å². The molecule has 5 heteroatoms. The number of nitrogens with zero attached hydrogens (tertiary/aromatic N) is 2. The number of aromatic nitrogens is 2. The Morgan fingerprint density at radius 2 is 2.00 bits per heavy atom. The second-order valence-electron chi connectivity index (χ2n) is 5.87. The van der Waals surface area contributed by atoms with Crippen LogP contribution >= 0.6 is 0 Å². The molecule has 0 atom stereocenters. The summed E-state index contributed by atoms with van der Waals surface area (Å²) in [5.41, 5.74) is 1.77. The molecule has 1 fully saturated rings. The van der Waals surface area contributed by atoms with Gasteiger partial charge < -0.3 is 10.4 Å². The average Bonchev–Trinajstić information content (AvgIpc) is 2.66. The first kappa shape index (κ1) is 15.0. The Labute approximate surface area is 120 Å². The predicted octanol–water partition coefficient (Wildman–Crippen LogP) is 2.54. The molecule has 0 aromatic carbocycles. The van der Waals surface area contributed by atoms with E-state index in [2.05, 4.69) is 10.4 Å². The molecule has 0 spiro atoms. The molecule has 112 valence electrons. The van der Waals surface area contributed by atoms with Crippen molar-refractivity contribution in [3.05, 3.63) is 11.4 Å². The summed E-state index contributed by atoms with van der Waals surface area (Å²) in [6.45, 7) is 6.65. The number of hydrogen-bond acceptors (Lipinski definition) is 3. The molecule has 0 saturated heterocycles. The minimum absolute atomic E-state index is 0.115. The summed E-state index contributed by atoms with van der Waals surface area (Å²) in [6, 6.07) is 0. The van der Waals surface area contributed by atoms with Crippen molar-refractivity contribution < 1.29 is 9.90 Å². The number of anilines is 1. The van der Waals surface area contributed by atoms with Crippen molar-refractivity contribution in [1.29, 1.82) is 0 Å². The first-order chi connectivity index (χ1) is 9.45. The molecular weight excluding hydrogens is 254 g/mol. The Kier molecular flexibility index (Phi) is 4.48. The van der Waals surface area contributed by atoms with Crippen molar-refractivity contribution in [3.63, 3.8) is 0 Å². The first-order valence-corrected chi connectivity index (χ1v) is 7.51. The summed E-state index contributed by atoms with van der Waals surface area (Å²) in [5, 5.41) is 17.7. The zero-order chi connectivity index (χ0) is 14.8. The zero-order valence-corrected chi connectivity index (χ0v) is 12.7. The van der Waals surface area contributed by atoms with Crippen LogP contribution in [0.4, 0.5) is 5.69 Å². The number of carbonyl (C=O) groups is 1. The molecule has 0 aliphatic heterocycles. The van der Waals surface area contributed by atoms with Crippen molar-refractivity contribution in [1.82, 2.24) is 9.78 Å². The van der Waals surface area contributed by atoms with Gasteiger partial charge in [-0.05, 0) is 33.6 Å². The van der Waals surface area contributed by atoms with Gasteiger partial charge in [0.2, 0.25) is 5.91 Å². The van der Waals surface area contributed by atoms with E-state index in [1.165, 1.54) is 0 Å². The largest absolute Gasteiger partial charge is 0.389 e. The number of aryl methyl sites for hydroxylation is 2. The van der Waals surface area contributed by atoms with Gasteiger partial charge in [-0.25, -0.2) is 0 Å². The maximum absolute atomic E-state index is 12.2. The highest BCUT2D eigenvalue weighted by Crippen LogP contribution is 2.31. The maximum Gasteiger partial charge on any atom is 0.227 e. The summed E-state index contributed by atoms with van der Waals surface area (Å²) in [4.78, 5) is 12.2. The fourth-order valence-electron chi connectivity index (χ4n) is 3.05. The van der Waals surface area contributed by atoms with Gasteiger partial charge in [-0.15, -0.1) is 0 Å². The average molecular weight is 279 g/mol. The summed E-state index contributed by atoms with van der Waals surface area (Å²) in [7, 11) is 0. The molecule has 1 aromatic heterocycles. The van der Waals surface area contributed by atoms with E-state index in [0.717, 1.165) is 55.7 Å². The van der Waals surface area contributed by atoms with Crippen LogP contribution in [-0.2, 0) is 11.3 Å². The molecule has 2 rings (SSSR count). The van der Waals surface area contributed by atoms with Gasteiger partial charge in [0, 0.05) is 6.54 Å². The molecule has 1 heterocycles. The lowest BCUT2D eigenvalue weighted by Gasteiger charge is -2.31. The lowest BCUT2D eigenvalue weighted by molar-refractivity contribution is -0.122. The van der Waals surface area contributed by atoms with Crippen LogP contribution in [0.5, 0.6) is 0 Å². The van der Waals surface area contributed by atoms with Gasteiger partial charge in [0.15, 0.2) is 0 Å². The van der Waals surface area contributed by atoms with Crippen molar-refractivity contribution in [2.45, 2.75) is 71.4 Å². The van der Waals surface area contributed by atoms with Crippen LogP contribution in [0, 0.1) is 13.8 Å². The topological polar surface area (TPSA) is 67.2 Å². The molecule has 0 bridgehead atoms. The van der Waals surface area contributed by atoms with Gasteiger partial charge >= 0.3 is 0 Å². The van der Waals surface area contributed by atoms with Crippen LogP contribution in [0.15, 0.2) is 0 Å². The predicted molar refractivity (Wildman–Crippen MR) is 78.7 cm³/mol.